The molecule has 2 aromatic heterocycles. The molecular weight excluding hydrogens is 324 g/mol. The second kappa shape index (κ2) is 6.92. The summed E-state index contributed by atoms with van der Waals surface area (Å²) in [5, 5.41) is 9.52. The number of carboxylic acids is 1. The van der Waals surface area contributed by atoms with Crippen LogP contribution in [0.5, 0.6) is 5.75 Å². The zero-order chi connectivity index (χ0) is 18.0. The molecule has 8 nitrogen and oxygen atoms in total. The normalized spacial score (nSPS) is 16.4. The van der Waals surface area contributed by atoms with Gasteiger partial charge in [-0.1, -0.05) is 6.92 Å². The Morgan fingerprint density at radius 1 is 1.44 bits per heavy atom. The number of ether oxygens (including phenoxy) is 1. The number of nitrogens with zero attached hydrogens (tertiary/aromatic N) is 3. The maximum absolute atomic E-state index is 12.6. The van der Waals surface area contributed by atoms with Crippen molar-refractivity contribution in [3.8, 4) is 5.75 Å². The maximum atomic E-state index is 12.6. The highest BCUT2D eigenvalue weighted by atomic mass is 16.5. The van der Waals surface area contributed by atoms with Crippen LogP contribution in [0.4, 0.5) is 0 Å². The van der Waals surface area contributed by atoms with Gasteiger partial charge in [0, 0.05) is 24.4 Å². The van der Waals surface area contributed by atoms with Gasteiger partial charge in [-0.2, -0.15) is 0 Å². The van der Waals surface area contributed by atoms with Crippen LogP contribution in [0.25, 0.3) is 0 Å². The van der Waals surface area contributed by atoms with Crippen molar-refractivity contribution in [1.82, 2.24) is 19.9 Å². The number of aryl methyl sites for hydroxylation is 2. The maximum Gasteiger partial charge on any atom is 0.332 e. The van der Waals surface area contributed by atoms with Gasteiger partial charge in [-0.3, -0.25) is 9.78 Å². The number of aliphatic carboxylic acids is 1. The van der Waals surface area contributed by atoms with E-state index in [2.05, 4.69) is 15.0 Å². The van der Waals surface area contributed by atoms with Gasteiger partial charge in [0.25, 0.3) is 5.91 Å². The molecule has 2 N–H and O–H groups in total. The first-order chi connectivity index (χ1) is 12.0. The Morgan fingerprint density at radius 3 is 2.96 bits per heavy atom. The van der Waals surface area contributed by atoms with Crippen molar-refractivity contribution in [2.75, 3.05) is 13.2 Å². The summed E-state index contributed by atoms with van der Waals surface area (Å²) in [4.78, 5) is 36.9. The summed E-state index contributed by atoms with van der Waals surface area (Å²) in [7, 11) is 0. The fourth-order valence-corrected chi connectivity index (χ4v) is 3.00. The summed E-state index contributed by atoms with van der Waals surface area (Å²) in [5.41, 5.74) is 2.80. The molecule has 0 fully saturated rings. The van der Waals surface area contributed by atoms with E-state index in [1.807, 2.05) is 19.9 Å². The number of nitrogens with one attached hydrogen (secondary N) is 1. The Labute approximate surface area is 144 Å². The number of hydrogen-bond donors (Lipinski definition) is 2. The van der Waals surface area contributed by atoms with E-state index in [4.69, 9.17) is 4.74 Å². The number of carboxylic acid groups (broad SMARTS) is 1. The van der Waals surface area contributed by atoms with Gasteiger partial charge >= 0.3 is 5.97 Å². The van der Waals surface area contributed by atoms with Crippen molar-refractivity contribution in [3.63, 3.8) is 0 Å². The van der Waals surface area contributed by atoms with Gasteiger partial charge in [-0.25, -0.2) is 9.78 Å². The Kier molecular flexibility index (Phi) is 4.69. The zero-order valence-electron chi connectivity index (χ0n) is 14.2. The molecule has 132 valence electrons. The van der Waals surface area contributed by atoms with E-state index >= 15 is 0 Å². The standard InChI is InChI=1S/C17H20N4O4/c1-3-11-13(5-4-10(2)20-11)25-8-14(22)21-7-6-12-15(19-9-18-12)16(21)17(23)24/h4-5,9,16H,3,6-8H2,1-2H3,(H,18,19)(H,23,24). The summed E-state index contributed by atoms with van der Waals surface area (Å²) in [5.74, 6) is -0.942. The SMILES string of the molecule is CCc1nc(C)ccc1OCC(=O)N1CCc2[nH]cnc2C1C(=O)O. The first-order valence-corrected chi connectivity index (χ1v) is 8.15. The highest BCUT2D eigenvalue weighted by molar-refractivity contribution is 5.85. The minimum Gasteiger partial charge on any atom is -0.482 e. The first-order valence-electron chi connectivity index (χ1n) is 8.15. The topological polar surface area (TPSA) is 108 Å². The molecule has 1 unspecified atom stereocenters. The molecule has 1 aliphatic heterocycles. The predicted octanol–water partition coefficient (Wildman–Crippen LogP) is 1.26. The van der Waals surface area contributed by atoms with E-state index in [1.54, 1.807) is 6.07 Å². The number of amides is 1. The third-order valence-corrected chi connectivity index (χ3v) is 4.24. The number of H-pyrrole nitrogens is 1. The van der Waals surface area contributed by atoms with E-state index in [9.17, 15) is 14.7 Å². The summed E-state index contributed by atoms with van der Waals surface area (Å²) in [6.07, 6.45) is 2.68. The van der Waals surface area contributed by atoms with E-state index in [0.717, 1.165) is 17.1 Å². The predicted molar refractivity (Wildman–Crippen MR) is 88.2 cm³/mol. The van der Waals surface area contributed by atoms with Crippen LogP contribution < -0.4 is 4.74 Å². The lowest BCUT2D eigenvalue weighted by atomic mass is 10.0. The minimum absolute atomic E-state index is 0.235. The van der Waals surface area contributed by atoms with Crippen LogP contribution in [-0.4, -0.2) is 50.0 Å². The monoisotopic (exact) mass is 344 g/mol. The summed E-state index contributed by atoms with van der Waals surface area (Å²) in [6.45, 7) is 3.92. The summed E-state index contributed by atoms with van der Waals surface area (Å²) in [6, 6.07) is 2.51. The lowest BCUT2D eigenvalue weighted by Crippen LogP contribution is -2.45. The van der Waals surface area contributed by atoms with Gasteiger partial charge in [0.15, 0.2) is 12.6 Å². The van der Waals surface area contributed by atoms with Crippen molar-refractivity contribution in [3.05, 3.63) is 41.2 Å². The summed E-state index contributed by atoms with van der Waals surface area (Å²) >= 11 is 0. The summed E-state index contributed by atoms with van der Waals surface area (Å²) < 4.78 is 5.62. The van der Waals surface area contributed by atoms with Crippen LogP contribution in [0.3, 0.4) is 0 Å². The van der Waals surface area contributed by atoms with Crippen molar-refractivity contribution in [1.29, 1.82) is 0 Å². The van der Waals surface area contributed by atoms with Gasteiger partial charge in [0.05, 0.1) is 17.7 Å². The molecule has 0 aliphatic carbocycles. The van der Waals surface area contributed by atoms with E-state index in [-0.39, 0.29) is 12.5 Å². The molecule has 3 rings (SSSR count). The number of aromatic amines is 1. The zero-order valence-corrected chi connectivity index (χ0v) is 14.2. The Balaban J connectivity index is 1.74. The second-order valence-corrected chi connectivity index (χ2v) is 5.88. The molecule has 0 radical (unpaired) electrons. The van der Waals surface area contributed by atoms with Crippen LogP contribution in [-0.2, 0) is 22.4 Å². The molecule has 0 aromatic carbocycles. The highest BCUT2D eigenvalue weighted by Gasteiger charge is 2.38. The molecule has 0 bridgehead atoms. The quantitative estimate of drug-likeness (QED) is 0.845. The van der Waals surface area contributed by atoms with Crippen molar-refractivity contribution in [2.24, 2.45) is 0 Å². The Bertz CT molecular complexity index is 802. The molecule has 25 heavy (non-hydrogen) atoms. The number of imidazole rings is 1. The number of carbonyl (C=O) groups is 2. The molecular formula is C17H20N4O4. The molecule has 0 saturated carbocycles. The molecule has 1 amide bonds. The number of pyridine rings is 1. The Morgan fingerprint density at radius 2 is 2.24 bits per heavy atom. The third-order valence-electron chi connectivity index (χ3n) is 4.24. The molecule has 0 saturated heterocycles. The van der Waals surface area contributed by atoms with Crippen LogP contribution >= 0.6 is 0 Å². The second-order valence-electron chi connectivity index (χ2n) is 5.88. The van der Waals surface area contributed by atoms with E-state index in [1.165, 1.54) is 11.2 Å². The van der Waals surface area contributed by atoms with Crippen LogP contribution in [0.2, 0.25) is 0 Å². The minimum atomic E-state index is -1.10. The first kappa shape index (κ1) is 16.9. The van der Waals surface area contributed by atoms with E-state index < -0.39 is 12.0 Å². The van der Waals surface area contributed by atoms with Gasteiger partial charge < -0.3 is 19.7 Å². The molecule has 0 spiro atoms. The Hall–Kier alpha value is -2.90. The molecule has 3 heterocycles. The van der Waals surface area contributed by atoms with Crippen LogP contribution in [0.1, 0.15) is 35.7 Å². The lowest BCUT2D eigenvalue weighted by Gasteiger charge is -2.32. The molecule has 2 aromatic rings. The van der Waals surface area contributed by atoms with Crippen molar-refractivity contribution < 1.29 is 19.4 Å². The third kappa shape index (κ3) is 3.33. The number of rotatable bonds is 5. The number of fused-ring (bicyclic) bond motifs is 1. The van der Waals surface area contributed by atoms with Crippen molar-refractivity contribution in [2.45, 2.75) is 32.7 Å². The number of aromatic nitrogens is 3. The van der Waals surface area contributed by atoms with Gasteiger partial charge in [-0.05, 0) is 25.5 Å². The van der Waals surface area contributed by atoms with Gasteiger partial charge in [0.1, 0.15) is 5.75 Å². The fourth-order valence-electron chi connectivity index (χ4n) is 3.00. The highest BCUT2D eigenvalue weighted by Crippen LogP contribution is 2.28. The number of carbonyl (C=O) groups excluding carboxylic acids is 1. The van der Waals surface area contributed by atoms with Gasteiger partial charge in [0.2, 0.25) is 0 Å². The van der Waals surface area contributed by atoms with Gasteiger partial charge in [-0.15, -0.1) is 0 Å². The average Bonchev–Trinajstić information content (AvgIpc) is 3.07. The molecule has 1 aliphatic rings. The lowest BCUT2D eigenvalue weighted by molar-refractivity contribution is -0.152. The van der Waals surface area contributed by atoms with Crippen LogP contribution in [0.15, 0.2) is 18.5 Å². The van der Waals surface area contributed by atoms with E-state index in [0.29, 0.717) is 30.8 Å². The average molecular weight is 344 g/mol. The molecule has 1 atom stereocenters. The smallest absolute Gasteiger partial charge is 0.332 e. The number of hydrogen-bond acceptors (Lipinski definition) is 5. The van der Waals surface area contributed by atoms with Crippen molar-refractivity contribution >= 4 is 11.9 Å². The van der Waals surface area contributed by atoms with Crippen LogP contribution in [0, 0.1) is 6.92 Å². The largest absolute Gasteiger partial charge is 0.482 e. The molecule has 8 heteroatoms. The fraction of sp³-hybridized carbons (Fsp3) is 0.412.